The summed E-state index contributed by atoms with van der Waals surface area (Å²) in [6, 6.07) is 11.8. The first-order valence-corrected chi connectivity index (χ1v) is 10.6. The Labute approximate surface area is 187 Å². The minimum atomic E-state index is -0.343. The lowest BCUT2D eigenvalue weighted by Crippen LogP contribution is -2.50. The van der Waals surface area contributed by atoms with Crippen molar-refractivity contribution in [2.24, 2.45) is 0 Å². The Morgan fingerprint density at radius 1 is 1.09 bits per heavy atom. The number of anilines is 2. The fourth-order valence-corrected chi connectivity index (χ4v) is 3.89. The van der Waals surface area contributed by atoms with E-state index in [-0.39, 0.29) is 30.6 Å². The first-order chi connectivity index (χ1) is 15.5. The van der Waals surface area contributed by atoms with Gasteiger partial charge in [-0.05, 0) is 42.5 Å². The summed E-state index contributed by atoms with van der Waals surface area (Å²) in [6.45, 7) is 0. The van der Waals surface area contributed by atoms with Crippen molar-refractivity contribution in [3.63, 3.8) is 0 Å². The molecule has 4 rings (SSSR count). The number of hydrazine groups is 1. The second-order valence-electron chi connectivity index (χ2n) is 6.87. The Kier molecular flexibility index (Phi) is 6.04. The van der Waals surface area contributed by atoms with Crippen LogP contribution < -0.4 is 25.2 Å². The van der Waals surface area contributed by atoms with Crippen LogP contribution in [0.15, 0.2) is 47.8 Å². The molecule has 1 saturated heterocycles. The highest BCUT2D eigenvalue weighted by Crippen LogP contribution is 2.35. The molecule has 2 N–H and O–H groups in total. The summed E-state index contributed by atoms with van der Waals surface area (Å²) >= 11 is 1.29. The average Bonchev–Trinajstić information content (AvgIpc) is 3.28. The molecule has 0 radical (unpaired) electrons. The van der Waals surface area contributed by atoms with Gasteiger partial charge >= 0.3 is 0 Å². The fraction of sp³-hybridized carbons (Fsp3) is 0.182. The van der Waals surface area contributed by atoms with Gasteiger partial charge in [0.25, 0.3) is 5.91 Å². The lowest BCUT2D eigenvalue weighted by Gasteiger charge is -2.27. The molecule has 2 aromatic carbocycles. The first-order valence-electron chi connectivity index (χ1n) is 9.70. The van der Waals surface area contributed by atoms with Crippen molar-refractivity contribution in [1.82, 2.24) is 10.4 Å². The maximum Gasteiger partial charge on any atom is 0.257 e. The molecule has 0 aliphatic carbocycles. The minimum Gasteiger partial charge on any atom is -0.497 e. The SMILES string of the molecule is COc1ccc(OC)c(-c2csc(NC(=O)c3ccc(N4NC(=O)CCC4=O)cc3)n2)c1. The van der Waals surface area contributed by atoms with E-state index in [1.165, 1.54) is 16.3 Å². The third-order valence-electron chi connectivity index (χ3n) is 4.85. The van der Waals surface area contributed by atoms with E-state index in [1.54, 1.807) is 50.6 Å². The van der Waals surface area contributed by atoms with Gasteiger partial charge in [-0.25, -0.2) is 9.99 Å². The monoisotopic (exact) mass is 452 g/mol. The Morgan fingerprint density at radius 3 is 2.59 bits per heavy atom. The fourth-order valence-electron chi connectivity index (χ4n) is 3.18. The van der Waals surface area contributed by atoms with Gasteiger partial charge in [-0.2, -0.15) is 0 Å². The number of rotatable bonds is 6. The molecule has 10 heteroatoms. The highest BCUT2D eigenvalue weighted by Gasteiger charge is 2.24. The third-order valence-corrected chi connectivity index (χ3v) is 5.60. The van der Waals surface area contributed by atoms with Gasteiger partial charge in [0.2, 0.25) is 11.8 Å². The molecule has 0 atom stereocenters. The van der Waals surface area contributed by atoms with Gasteiger partial charge in [0.1, 0.15) is 11.5 Å². The summed E-state index contributed by atoms with van der Waals surface area (Å²) in [4.78, 5) is 40.7. The molecule has 9 nitrogen and oxygen atoms in total. The molecule has 1 aliphatic rings. The van der Waals surface area contributed by atoms with Gasteiger partial charge in [0.05, 0.1) is 25.6 Å². The number of benzene rings is 2. The molecule has 32 heavy (non-hydrogen) atoms. The zero-order chi connectivity index (χ0) is 22.7. The van der Waals surface area contributed by atoms with Crippen LogP contribution in [0.4, 0.5) is 10.8 Å². The standard InChI is InChI=1S/C22H20N4O5S/c1-30-15-7-8-18(31-2)16(11-15)17-12-32-22(23-17)24-21(29)13-3-5-14(6-4-13)26-20(28)10-9-19(27)25-26/h3-8,11-12H,9-10H2,1-2H3,(H,25,27)(H,23,24,29). The maximum atomic E-state index is 12.6. The van der Waals surface area contributed by atoms with Crippen LogP contribution in [-0.4, -0.2) is 36.9 Å². The number of carbonyl (C=O) groups excluding carboxylic acids is 3. The van der Waals surface area contributed by atoms with Crippen molar-refractivity contribution < 1.29 is 23.9 Å². The largest absolute Gasteiger partial charge is 0.497 e. The molecule has 1 fully saturated rings. The zero-order valence-electron chi connectivity index (χ0n) is 17.4. The Balaban J connectivity index is 1.48. The molecule has 1 aromatic heterocycles. The normalized spacial score (nSPS) is 13.5. The van der Waals surface area contributed by atoms with Gasteiger partial charge < -0.3 is 9.47 Å². The van der Waals surface area contributed by atoms with Crippen molar-refractivity contribution >= 4 is 39.9 Å². The number of amides is 3. The van der Waals surface area contributed by atoms with E-state index < -0.39 is 0 Å². The summed E-state index contributed by atoms with van der Waals surface area (Å²) in [7, 11) is 3.16. The first kappa shape index (κ1) is 21.3. The smallest absolute Gasteiger partial charge is 0.257 e. The predicted octanol–water partition coefficient (Wildman–Crippen LogP) is 3.24. The molecule has 3 aromatic rings. The number of nitrogens with zero attached hydrogens (tertiary/aromatic N) is 2. The molecule has 0 spiro atoms. The minimum absolute atomic E-state index is 0.151. The van der Waals surface area contributed by atoms with Crippen molar-refractivity contribution in [1.29, 1.82) is 0 Å². The van der Waals surface area contributed by atoms with Crippen LogP contribution in [0, 0.1) is 0 Å². The number of hydrogen-bond donors (Lipinski definition) is 2. The van der Waals surface area contributed by atoms with E-state index in [0.29, 0.717) is 33.6 Å². The van der Waals surface area contributed by atoms with E-state index in [1.807, 2.05) is 11.4 Å². The van der Waals surface area contributed by atoms with Crippen LogP contribution in [0.1, 0.15) is 23.2 Å². The van der Waals surface area contributed by atoms with Crippen LogP contribution in [0.3, 0.4) is 0 Å². The molecule has 3 amide bonds. The highest BCUT2D eigenvalue weighted by atomic mass is 32.1. The topological polar surface area (TPSA) is 110 Å². The Morgan fingerprint density at radius 2 is 1.88 bits per heavy atom. The summed E-state index contributed by atoms with van der Waals surface area (Å²) in [6.07, 6.45) is 0.325. The van der Waals surface area contributed by atoms with Gasteiger partial charge in [0, 0.05) is 29.3 Å². The molecule has 2 heterocycles. The van der Waals surface area contributed by atoms with E-state index >= 15 is 0 Å². The molecular weight excluding hydrogens is 432 g/mol. The second kappa shape index (κ2) is 9.06. The molecule has 0 saturated carbocycles. The molecule has 0 bridgehead atoms. The number of carbonyl (C=O) groups is 3. The summed E-state index contributed by atoms with van der Waals surface area (Å²) < 4.78 is 10.7. The van der Waals surface area contributed by atoms with Crippen LogP contribution in [-0.2, 0) is 9.59 Å². The molecular formula is C22H20N4O5S. The lowest BCUT2D eigenvalue weighted by atomic mass is 10.1. The average molecular weight is 452 g/mol. The number of thiazole rings is 1. The molecule has 164 valence electrons. The molecule has 1 aliphatic heterocycles. The Bertz CT molecular complexity index is 1180. The van der Waals surface area contributed by atoms with Gasteiger partial charge in [-0.15, -0.1) is 11.3 Å². The highest BCUT2D eigenvalue weighted by molar-refractivity contribution is 7.14. The quantitative estimate of drug-likeness (QED) is 0.594. The number of aromatic nitrogens is 1. The van der Waals surface area contributed by atoms with E-state index in [4.69, 9.17) is 9.47 Å². The van der Waals surface area contributed by atoms with Crippen LogP contribution in [0.5, 0.6) is 11.5 Å². The molecule has 0 unspecified atom stereocenters. The maximum absolute atomic E-state index is 12.6. The summed E-state index contributed by atoms with van der Waals surface area (Å²) in [5.41, 5.74) is 4.80. The van der Waals surface area contributed by atoms with Gasteiger partial charge in [-0.3, -0.25) is 25.1 Å². The third kappa shape index (κ3) is 4.40. The van der Waals surface area contributed by atoms with Gasteiger partial charge in [-0.1, -0.05) is 0 Å². The number of hydrogen-bond acceptors (Lipinski definition) is 7. The predicted molar refractivity (Wildman–Crippen MR) is 120 cm³/mol. The zero-order valence-corrected chi connectivity index (χ0v) is 18.2. The number of ether oxygens (including phenoxy) is 2. The summed E-state index contributed by atoms with van der Waals surface area (Å²) in [5.74, 6) is 0.541. The second-order valence-corrected chi connectivity index (χ2v) is 7.73. The van der Waals surface area contributed by atoms with Crippen LogP contribution >= 0.6 is 11.3 Å². The number of nitrogens with one attached hydrogen (secondary N) is 2. The number of methoxy groups -OCH3 is 2. The van der Waals surface area contributed by atoms with Crippen LogP contribution in [0.2, 0.25) is 0 Å². The van der Waals surface area contributed by atoms with Gasteiger partial charge in [0.15, 0.2) is 5.13 Å². The van der Waals surface area contributed by atoms with Crippen molar-refractivity contribution in [3.8, 4) is 22.8 Å². The van der Waals surface area contributed by atoms with E-state index in [0.717, 1.165) is 5.56 Å². The van der Waals surface area contributed by atoms with Crippen molar-refractivity contribution in [2.45, 2.75) is 12.8 Å². The van der Waals surface area contributed by atoms with Crippen molar-refractivity contribution in [2.75, 3.05) is 24.5 Å². The van der Waals surface area contributed by atoms with Crippen LogP contribution in [0.25, 0.3) is 11.3 Å². The van der Waals surface area contributed by atoms with Crippen molar-refractivity contribution in [3.05, 3.63) is 53.4 Å². The Hall–Kier alpha value is -3.92. The van der Waals surface area contributed by atoms with E-state index in [2.05, 4.69) is 15.7 Å². The summed E-state index contributed by atoms with van der Waals surface area (Å²) in [5, 5.41) is 6.22. The lowest BCUT2D eigenvalue weighted by molar-refractivity contribution is -0.130. The van der Waals surface area contributed by atoms with E-state index in [9.17, 15) is 14.4 Å².